The number of fused-ring (bicyclic) bond motifs is 1. The maximum Gasteiger partial charge on any atom is 0.293 e. The van der Waals surface area contributed by atoms with Crippen molar-refractivity contribution < 1.29 is 14.4 Å². The van der Waals surface area contributed by atoms with Crippen LogP contribution in [0.1, 0.15) is 11.1 Å². The van der Waals surface area contributed by atoms with Gasteiger partial charge >= 0.3 is 0 Å². The van der Waals surface area contributed by atoms with Crippen LogP contribution in [0.5, 0.6) is 0 Å². The van der Waals surface area contributed by atoms with Gasteiger partial charge in [0.05, 0.1) is 22.7 Å². The van der Waals surface area contributed by atoms with E-state index < -0.39 is 5.91 Å². The normalized spacial score (nSPS) is 19.5. The monoisotopic (exact) mass is 428 g/mol. The summed E-state index contributed by atoms with van der Waals surface area (Å²) in [6, 6.07) is 14.8. The molecule has 0 bridgehead atoms. The van der Waals surface area contributed by atoms with Crippen molar-refractivity contribution in [2.45, 2.75) is 6.54 Å². The molecule has 3 amide bonds. The average Bonchev–Trinajstić information content (AvgIpc) is 3.03. The lowest BCUT2D eigenvalue weighted by molar-refractivity contribution is -0.123. The zero-order valence-corrected chi connectivity index (χ0v) is 16.1. The Bertz CT molecular complexity index is 988. The van der Waals surface area contributed by atoms with Crippen molar-refractivity contribution >= 4 is 56.0 Å². The quantitative estimate of drug-likeness (QED) is 0.677. The summed E-state index contributed by atoms with van der Waals surface area (Å²) in [6.45, 7) is 0.192. The first kappa shape index (κ1) is 17.1. The SMILES string of the molecule is CN1C(=O)C(=C2SC(=O)N(Cc3ccccc3)C2=O)c2cc(Br)ccc21. The number of thioether (sulfide) groups is 1. The van der Waals surface area contributed by atoms with Gasteiger partial charge in [-0.2, -0.15) is 0 Å². The van der Waals surface area contributed by atoms with Crippen molar-refractivity contribution in [1.82, 2.24) is 4.90 Å². The topological polar surface area (TPSA) is 57.7 Å². The lowest BCUT2D eigenvalue weighted by atomic mass is 10.1. The fraction of sp³-hybridized carbons (Fsp3) is 0.105. The number of hydrogen-bond donors (Lipinski definition) is 0. The molecule has 4 rings (SSSR count). The summed E-state index contributed by atoms with van der Waals surface area (Å²) in [5, 5.41) is -0.361. The van der Waals surface area contributed by atoms with E-state index in [0.29, 0.717) is 11.1 Å². The van der Waals surface area contributed by atoms with Gasteiger partial charge in [0.1, 0.15) is 0 Å². The Kier molecular flexibility index (Phi) is 4.20. The number of likely N-dealkylation sites (N-methyl/N-ethyl adjacent to an activating group) is 1. The highest BCUT2D eigenvalue weighted by Gasteiger charge is 2.42. The van der Waals surface area contributed by atoms with Crippen molar-refractivity contribution in [3.05, 3.63) is 69.0 Å². The maximum atomic E-state index is 12.9. The first-order valence-electron chi connectivity index (χ1n) is 7.87. The molecule has 0 unspecified atom stereocenters. The van der Waals surface area contributed by atoms with E-state index in [1.54, 1.807) is 13.1 Å². The van der Waals surface area contributed by atoms with Crippen molar-refractivity contribution in [3.8, 4) is 0 Å². The summed E-state index contributed by atoms with van der Waals surface area (Å²) in [5.41, 5.74) is 2.54. The molecule has 5 nitrogen and oxygen atoms in total. The van der Waals surface area contributed by atoms with E-state index in [9.17, 15) is 14.4 Å². The van der Waals surface area contributed by atoms with Crippen LogP contribution in [0, 0.1) is 0 Å². The molecule has 2 aliphatic heterocycles. The number of carbonyl (C=O) groups is 3. The van der Waals surface area contributed by atoms with Gasteiger partial charge in [-0.3, -0.25) is 19.3 Å². The molecule has 2 aromatic rings. The molecule has 2 heterocycles. The first-order valence-corrected chi connectivity index (χ1v) is 9.48. The fourth-order valence-corrected chi connectivity index (χ4v) is 4.35. The van der Waals surface area contributed by atoms with Crippen LogP contribution < -0.4 is 4.90 Å². The highest BCUT2D eigenvalue weighted by atomic mass is 79.9. The predicted molar refractivity (Wildman–Crippen MR) is 104 cm³/mol. The van der Waals surface area contributed by atoms with Crippen LogP contribution in [-0.2, 0) is 16.1 Å². The molecule has 2 aliphatic rings. The lowest BCUT2D eigenvalue weighted by Crippen LogP contribution is -2.28. The molecule has 0 spiro atoms. The Hall–Kier alpha value is -2.38. The van der Waals surface area contributed by atoms with Crippen LogP contribution in [0.2, 0.25) is 0 Å². The number of benzene rings is 2. The minimum absolute atomic E-state index is 0.192. The Morgan fingerprint density at radius 1 is 1.00 bits per heavy atom. The smallest absolute Gasteiger partial charge is 0.293 e. The summed E-state index contributed by atoms with van der Waals surface area (Å²) in [5.74, 6) is -0.697. The molecule has 7 heteroatoms. The highest BCUT2D eigenvalue weighted by molar-refractivity contribution is 9.10. The molecule has 26 heavy (non-hydrogen) atoms. The second-order valence-electron chi connectivity index (χ2n) is 5.97. The summed E-state index contributed by atoms with van der Waals surface area (Å²) in [7, 11) is 1.66. The van der Waals surface area contributed by atoms with E-state index in [1.165, 1.54) is 9.80 Å². The molecular weight excluding hydrogens is 416 g/mol. The van der Waals surface area contributed by atoms with Gasteiger partial charge < -0.3 is 4.90 Å². The predicted octanol–water partition coefficient (Wildman–Crippen LogP) is 4.03. The number of hydrogen-bond acceptors (Lipinski definition) is 4. The van der Waals surface area contributed by atoms with Crippen molar-refractivity contribution in [3.63, 3.8) is 0 Å². The first-order chi connectivity index (χ1) is 12.5. The van der Waals surface area contributed by atoms with Crippen LogP contribution in [0.3, 0.4) is 0 Å². The largest absolute Gasteiger partial charge is 0.311 e. The molecule has 0 saturated carbocycles. The van der Waals surface area contributed by atoms with Crippen molar-refractivity contribution in [1.29, 1.82) is 0 Å². The van der Waals surface area contributed by atoms with Crippen molar-refractivity contribution in [2.75, 3.05) is 11.9 Å². The van der Waals surface area contributed by atoms with Gasteiger partial charge in [0.2, 0.25) is 0 Å². The van der Waals surface area contributed by atoms with Gasteiger partial charge in [0.15, 0.2) is 0 Å². The van der Waals surface area contributed by atoms with Gasteiger partial charge in [-0.25, -0.2) is 0 Å². The maximum absolute atomic E-state index is 12.9. The number of carbonyl (C=O) groups excluding carboxylic acids is 3. The molecular formula is C19H13BrN2O3S. The second kappa shape index (κ2) is 6.41. The molecule has 1 saturated heterocycles. The minimum Gasteiger partial charge on any atom is -0.311 e. The van der Waals surface area contributed by atoms with E-state index in [4.69, 9.17) is 0 Å². The minimum atomic E-state index is -0.423. The zero-order chi connectivity index (χ0) is 18.4. The van der Waals surface area contributed by atoms with Crippen molar-refractivity contribution in [2.24, 2.45) is 0 Å². The molecule has 0 N–H and O–H groups in total. The number of nitrogens with zero attached hydrogens (tertiary/aromatic N) is 2. The third-order valence-corrected chi connectivity index (χ3v) is 5.84. The molecule has 0 radical (unpaired) electrons. The van der Waals surface area contributed by atoms with Gasteiger partial charge in [0.25, 0.3) is 17.1 Å². The lowest BCUT2D eigenvalue weighted by Gasteiger charge is -2.12. The molecule has 0 aromatic heterocycles. The van der Waals surface area contributed by atoms with Crippen LogP contribution in [-0.4, -0.2) is 29.0 Å². The van der Waals surface area contributed by atoms with E-state index in [2.05, 4.69) is 15.9 Å². The number of anilines is 1. The molecule has 0 aliphatic carbocycles. The van der Waals surface area contributed by atoms with E-state index in [1.807, 2.05) is 42.5 Å². The summed E-state index contributed by atoms with van der Waals surface area (Å²) in [6.07, 6.45) is 0. The average molecular weight is 429 g/mol. The van der Waals surface area contributed by atoms with Gasteiger partial charge in [-0.05, 0) is 35.5 Å². The Labute approximate surface area is 162 Å². The number of rotatable bonds is 2. The number of halogens is 1. The van der Waals surface area contributed by atoms with Crippen LogP contribution in [0.25, 0.3) is 5.57 Å². The van der Waals surface area contributed by atoms with Gasteiger partial charge in [-0.15, -0.1) is 0 Å². The standard InChI is InChI=1S/C19H13BrN2O3S/c1-21-14-8-7-12(20)9-13(14)15(17(21)23)16-18(24)22(19(25)26-16)10-11-5-3-2-4-6-11/h2-9H,10H2,1H3. The molecule has 0 atom stereocenters. The third-order valence-electron chi connectivity index (χ3n) is 4.37. The molecule has 2 aromatic carbocycles. The van der Waals surface area contributed by atoms with Crippen LogP contribution in [0.4, 0.5) is 10.5 Å². The van der Waals surface area contributed by atoms with E-state index in [-0.39, 0.29) is 22.6 Å². The molecule has 1 fully saturated rings. The third kappa shape index (κ3) is 2.68. The van der Waals surface area contributed by atoms with E-state index >= 15 is 0 Å². The highest BCUT2D eigenvalue weighted by Crippen LogP contribution is 2.44. The molecule has 130 valence electrons. The fourth-order valence-electron chi connectivity index (χ4n) is 3.06. The summed E-state index contributed by atoms with van der Waals surface area (Å²) in [4.78, 5) is 40.9. The van der Waals surface area contributed by atoms with Gasteiger partial charge in [0, 0.05) is 17.1 Å². The van der Waals surface area contributed by atoms with E-state index in [0.717, 1.165) is 27.5 Å². The number of amides is 3. The summed E-state index contributed by atoms with van der Waals surface area (Å²) < 4.78 is 0.806. The second-order valence-corrected chi connectivity index (χ2v) is 7.85. The summed E-state index contributed by atoms with van der Waals surface area (Å²) >= 11 is 4.23. The Morgan fingerprint density at radius 2 is 1.73 bits per heavy atom. The Morgan fingerprint density at radius 3 is 2.46 bits per heavy atom. The van der Waals surface area contributed by atoms with Crippen LogP contribution in [0.15, 0.2) is 57.9 Å². The van der Waals surface area contributed by atoms with Gasteiger partial charge in [-0.1, -0.05) is 46.3 Å². The Balaban J connectivity index is 1.77. The zero-order valence-electron chi connectivity index (χ0n) is 13.7. The number of imide groups is 1. The van der Waals surface area contributed by atoms with Crippen LogP contribution >= 0.6 is 27.7 Å².